The zero-order valence-corrected chi connectivity index (χ0v) is 18.9. The van der Waals surface area contributed by atoms with Gasteiger partial charge in [0, 0.05) is 6.54 Å². The third-order valence-corrected chi connectivity index (χ3v) is 6.83. The summed E-state index contributed by atoms with van der Waals surface area (Å²) >= 11 is 0. The van der Waals surface area contributed by atoms with Crippen LogP contribution in [-0.4, -0.2) is 45.9 Å². The van der Waals surface area contributed by atoms with Crippen LogP contribution in [-0.2, 0) is 21.2 Å². The lowest BCUT2D eigenvalue weighted by Gasteiger charge is -2.34. The molecule has 1 N–H and O–H groups in total. The number of benzene rings is 2. The Labute approximate surface area is 184 Å². The molecule has 0 saturated carbocycles. The van der Waals surface area contributed by atoms with Crippen molar-refractivity contribution in [3.63, 3.8) is 0 Å². The van der Waals surface area contributed by atoms with Gasteiger partial charge in [-0.2, -0.15) is 0 Å². The van der Waals surface area contributed by atoms with E-state index in [1.54, 1.807) is 31.2 Å². The molecule has 0 aromatic heterocycles. The van der Waals surface area contributed by atoms with E-state index in [9.17, 15) is 13.2 Å². The largest absolute Gasteiger partial charge is 0.493 e. The Balaban J connectivity index is 1.58. The molecule has 1 atom stereocenters. The Morgan fingerprint density at radius 2 is 1.90 bits per heavy atom. The molecule has 0 saturated heterocycles. The van der Waals surface area contributed by atoms with Crippen molar-refractivity contribution in [3.8, 4) is 11.5 Å². The van der Waals surface area contributed by atoms with Crippen LogP contribution in [0.15, 0.2) is 48.5 Å². The molecule has 8 heteroatoms. The minimum atomic E-state index is -3.52. The highest BCUT2D eigenvalue weighted by Crippen LogP contribution is 2.35. The van der Waals surface area contributed by atoms with E-state index in [4.69, 9.17) is 9.47 Å². The summed E-state index contributed by atoms with van der Waals surface area (Å²) in [7, 11) is -3.52. The maximum atomic E-state index is 12.7. The number of carbonyl (C=O) groups is 1. The van der Waals surface area contributed by atoms with E-state index in [1.165, 1.54) is 4.31 Å². The number of hydrogen-bond acceptors (Lipinski definition) is 5. The van der Waals surface area contributed by atoms with Crippen molar-refractivity contribution in [3.05, 3.63) is 54.1 Å². The molecule has 0 bridgehead atoms. The second-order valence-electron chi connectivity index (χ2n) is 7.36. The van der Waals surface area contributed by atoms with Crippen molar-refractivity contribution in [2.24, 2.45) is 0 Å². The first-order valence-corrected chi connectivity index (χ1v) is 12.3. The number of fused-ring (bicyclic) bond motifs is 1. The van der Waals surface area contributed by atoms with Gasteiger partial charge in [-0.1, -0.05) is 37.3 Å². The van der Waals surface area contributed by atoms with Crippen LogP contribution in [0.3, 0.4) is 0 Å². The first-order chi connectivity index (χ1) is 15.0. The lowest BCUT2D eigenvalue weighted by atomic mass is 10.1. The van der Waals surface area contributed by atoms with Gasteiger partial charge in [0.05, 0.1) is 24.6 Å². The van der Waals surface area contributed by atoms with Gasteiger partial charge in [0.15, 0.2) is 6.10 Å². The number of carbonyl (C=O) groups excluding carboxylic acids is 1. The maximum Gasteiger partial charge on any atom is 0.263 e. The summed E-state index contributed by atoms with van der Waals surface area (Å²) in [6.45, 7) is 4.75. The maximum absolute atomic E-state index is 12.7. The molecule has 31 heavy (non-hydrogen) atoms. The number of aryl methyl sites for hydroxylation is 1. The molecule has 1 aliphatic rings. The van der Waals surface area contributed by atoms with Gasteiger partial charge < -0.3 is 14.8 Å². The van der Waals surface area contributed by atoms with Gasteiger partial charge in [0.2, 0.25) is 10.0 Å². The molecule has 1 amide bonds. The fourth-order valence-corrected chi connectivity index (χ4v) is 4.55. The van der Waals surface area contributed by atoms with Crippen molar-refractivity contribution >= 4 is 21.6 Å². The predicted octanol–water partition coefficient (Wildman–Crippen LogP) is 3.14. The van der Waals surface area contributed by atoms with E-state index in [1.807, 2.05) is 24.3 Å². The smallest absolute Gasteiger partial charge is 0.263 e. The van der Waals surface area contributed by atoms with Gasteiger partial charge in [0.1, 0.15) is 11.5 Å². The summed E-state index contributed by atoms with van der Waals surface area (Å²) in [4.78, 5) is 12.7. The van der Waals surface area contributed by atoms with Gasteiger partial charge in [-0.3, -0.25) is 9.10 Å². The molecule has 1 aliphatic heterocycles. The van der Waals surface area contributed by atoms with Crippen LogP contribution in [0.2, 0.25) is 0 Å². The first kappa shape index (κ1) is 22.9. The minimum absolute atomic E-state index is 0.0350. The molecule has 0 unspecified atom stereocenters. The quantitative estimate of drug-likeness (QED) is 0.567. The molecule has 0 spiro atoms. The summed E-state index contributed by atoms with van der Waals surface area (Å²) in [6, 6.07) is 14.8. The molecule has 0 aliphatic carbocycles. The number of sulfonamides is 1. The molecular formula is C23H30N2O5S. The standard InChI is InChI=1S/C23H30N2O5S/c1-3-16-29-20-13-7-5-10-18(20)11-9-15-24-23(26)22-17-25(31(27,28)4-2)19-12-6-8-14-21(19)30-22/h5-8,10,12-14,22H,3-4,9,11,15-17H2,1-2H3,(H,24,26)/t22-/m0/s1. The summed E-state index contributed by atoms with van der Waals surface area (Å²) in [5.74, 6) is 0.910. The van der Waals surface area contributed by atoms with Gasteiger partial charge >= 0.3 is 0 Å². The third kappa shape index (κ3) is 5.70. The molecule has 1 heterocycles. The third-order valence-electron chi connectivity index (χ3n) is 5.08. The second kappa shape index (κ2) is 10.5. The number of nitrogens with zero attached hydrogens (tertiary/aromatic N) is 1. The summed E-state index contributed by atoms with van der Waals surface area (Å²) in [5, 5.41) is 2.88. The van der Waals surface area contributed by atoms with E-state index in [2.05, 4.69) is 12.2 Å². The van der Waals surface area contributed by atoms with E-state index < -0.39 is 16.1 Å². The van der Waals surface area contributed by atoms with Gasteiger partial charge in [0.25, 0.3) is 5.91 Å². The van der Waals surface area contributed by atoms with E-state index >= 15 is 0 Å². The highest BCUT2D eigenvalue weighted by Gasteiger charge is 2.35. The van der Waals surface area contributed by atoms with Crippen LogP contribution in [0.4, 0.5) is 5.69 Å². The van der Waals surface area contributed by atoms with Crippen molar-refractivity contribution in [2.45, 2.75) is 39.2 Å². The number of hydrogen-bond donors (Lipinski definition) is 1. The monoisotopic (exact) mass is 446 g/mol. The Kier molecular flexibility index (Phi) is 7.79. The highest BCUT2D eigenvalue weighted by atomic mass is 32.2. The van der Waals surface area contributed by atoms with Crippen molar-refractivity contribution < 1.29 is 22.7 Å². The Morgan fingerprint density at radius 3 is 2.68 bits per heavy atom. The minimum Gasteiger partial charge on any atom is -0.493 e. The van der Waals surface area contributed by atoms with Crippen LogP contribution >= 0.6 is 0 Å². The summed E-state index contributed by atoms with van der Waals surface area (Å²) in [5.41, 5.74) is 1.57. The Bertz CT molecular complexity index is 993. The molecule has 3 rings (SSSR count). The lowest BCUT2D eigenvalue weighted by Crippen LogP contribution is -2.51. The fraction of sp³-hybridized carbons (Fsp3) is 0.435. The number of rotatable bonds is 10. The zero-order valence-electron chi connectivity index (χ0n) is 18.0. The average Bonchev–Trinajstić information content (AvgIpc) is 2.80. The number of anilines is 1. The van der Waals surface area contributed by atoms with Gasteiger partial charge in [-0.05, 0) is 49.9 Å². The number of amides is 1. The summed E-state index contributed by atoms with van der Waals surface area (Å²) in [6.07, 6.45) is 1.56. The predicted molar refractivity (Wildman–Crippen MR) is 121 cm³/mol. The SMILES string of the molecule is CCCOc1ccccc1CCCNC(=O)[C@@H]1CN(S(=O)(=O)CC)c2ccccc2O1. The molecule has 2 aromatic carbocycles. The van der Waals surface area contributed by atoms with Crippen molar-refractivity contribution in [1.82, 2.24) is 5.32 Å². The fourth-order valence-electron chi connectivity index (χ4n) is 3.43. The topological polar surface area (TPSA) is 84.9 Å². The van der Waals surface area contributed by atoms with Crippen LogP contribution in [0.1, 0.15) is 32.3 Å². The van der Waals surface area contributed by atoms with Crippen LogP contribution in [0.25, 0.3) is 0 Å². The highest BCUT2D eigenvalue weighted by molar-refractivity contribution is 7.92. The zero-order chi connectivity index (χ0) is 22.3. The number of ether oxygens (including phenoxy) is 2. The molecule has 0 radical (unpaired) electrons. The second-order valence-corrected chi connectivity index (χ2v) is 9.54. The van der Waals surface area contributed by atoms with Crippen molar-refractivity contribution in [1.29, 1.82) is 0 Å². The van der Waals surface area contributed by atoms with Gasteiger partial charge in [-0.25, -0.2) is 8.42 Å². The van der Waals surface area contributed by atoms with E-state index in [0.29, 0.717) is 24.6 Å². The Morgan fingerprint density at radius 1 is 1.16 bits per heavy atom. The van der Waals surface area contributed by atoms with Crippen LogP contribution < -0.4 is 19.1 Å². The van der Waals surface area contributed by atoms with Crippen LogP contribution in [0.5, 0.6) is 11.5 Å². The van der Waals surface area contributed by atoms with Gasteiger partial charge in [-0.15, -0.1) is 0 Å². The van der Waals surface area contributed by atoms with E-state index in [0.717, 1.165) is 30.6 Å². The normalized spacial score (nSPS) is 15.7. The molecule has 2 aromatic rings. The molecule has 0 fully saturated rings. The van der Waals surface area contributed by atoms with Crippen molar-refractivity contribution in [2.75, 3.05) is 29.8 Å². The molecule has 7 nitrogen and oxygen atoms in total. The molecule has 168 valence electrons. The number of nitrogens with one attached hydrogen (secondary N) is 1. The lowest BCUT2D eigenvalue weighted by molar-refractivity contribution is -0.127. The molecular weight excluding hydrogens is 416 g/mol. The number of para-hydroxylation sites is 3. The van der Waals surface area contributed by atoms with E-state index in [-0.39, 0.29) is 18.2 Å². The first-order valence-electron chi connectivity index (χ1n) is 10.7. The Hall–Kier alpha value is -2.74. The average molecular weight is 447 g/mol. The summed E-state index contributed by atoms with van der Waals surface area (Å²) < 4.78 is 37.9. The van der Waals surface area contributed by atoms with Crippen LogP contribution in [0, 0.1) is 0 Å².